The number of carboxylic acid groups (broad SMARTS) is 1. The van der Waals surface area contributed by atoms with Crippen molar-refractivity contribution in [2.24, 2.45) is 5.92 Å². The Morgan fingerprint density at radius 1 is 0.831 bits per heavy atom. The number of esters is 1. The number of carbonyl (C=O) groups is 6. The quantitative estimate of drug-likeness (QED) is 0.0200. The lowest BCUT2D eigenvalue weighted by atomic mass is 9.90. The Kier molecular flexibility index (Phi) is 18.2. The SMILES string of the molecule is CCCCC[C@@H](C(=O)NCNC(=O)c1ccc(-c2ccc(C(=O)N[C@@H](CC(=O)OCc3ccccc3)C(=O)O)c(OCC)c2)o1)[C@@H](CC)N(C=O)OCc1ccccc1. The van der Waals surface area contributed by atoms with E-state index in [1.165, 1.54) is 29.3 Å². The van der Waals surface area contributed by atoms with Crippen molar-refractivity contribution >= 4 is 36.1 Å². The molecule has 0 radical (unpaired) electrons. The van der Waals surface area contributed by atoms with E-state index in [0.29, 0.717) is 24.8 Å². The summed E-state index contributed by atoms with van der Waals surface area (Å²) in [6.45, 7) is 5.73. The number of unbranched alkanes of at least 4 members (excludes halogenated alkanes) is 2. The Hall–Kier alpha value is -6.48. The Labute approximate surface area is 343 Å². The molecule has 0 bridgehead atoms. The molecule has 59 heavy (non-hydrogen) atoms. The summed E-state index contributed by atoms with van der Waals surface area (Å²) < 4.78 is 16.7. The number of amides is 4. The predicted molar refractivity (Wildman–Crippen MR) is 216 cm³/mol. The van der Waals surface area contributed by atoms with Gasteiger partial charge in [-0.15, -0.1) is 0 Å². The Morgan fingerprint density at radius 2 is 1.53 bits per heavy atom. The molecule has 4 rings (SSSR count). The molecule has 0 saturated carbocycles. The summed E-state index contributed by atoms with van der Waals surface area (Å²) >= 11 is 0. The van der Waals surface area contributed by atoms with Gasteiger partial charge in [-0.05, 0) is 55.2 Å². The standard InChI is InChI=1S/C44H52N4O11/c1-4-7-10-19-33(36(5-2)48(29-49)58-27-31-17-13-9-14-18-31)41(51)45-28-46-43(53)38-23-22-37(59-38)32-20-21-34(39(24-32)56-6-3)42(52)47-35(44(54)55)25-40(50)57-26-30-15-11-8-12-16-30/h8-9,11-18,20-24,29,33,35-36H,4-7,10,19,25-28H2,1-3H3,(H,45,51)(H,46,53)(H,47,52)(H,54,55)/t33-,35+,36-/m1/s1. The zero-order valence-corrected chi connectivity index (χ0v) is 33.5. The number of carboxylic acids is 1. The van der Waals surface area contributed by atoms with Crippen molar-refractivity contribution in [1.29, 1.82) is 0 Å². The molecule has 4 aromatic rings. The van der Waals surface area contributed by atoms with E-state index in [0.717, 1.165) is 30.4 Å². The van der Waals surface area contributed by atoms with Gasteiger partial charge < -0.3 is 34.9 Å². The minimum absolute atomic E-state index is 0.0112. The van der Waals surface area contributed by atoms with E-state index < -0.39 is 48.2 Å². The van der Waals surface area contributed by atoms with E-state index >= 15 is 0 Å². The number of hydroxylamine groups is 2. The minimum Gasteiger partial charge on any atom is -0.493 e. The van der Waals surface area contributed by atoms with Crippen LogP contribution in [0.1, 0.15) is 91.3 Å². The summed E-state index contributed by atoms with van der Waals surface area (Å²) in [5.41, 5.74) is 2.07. The molecule has 0 aliphatic heterocycles. The van der Waals surface area contributed by atoms with E-state index in [1.54, 1.807) is 37.3 Å². The first-order valence-electron chi connectivity index (χ1n) is 19.6. The van der Waals surface area contributed by atoms with Crippen LogP contribution in [0.25, 0.3) is 11.3 Å². The number of furan rings is 1. The van der Waals surface area contributed by atoms with Crippen LogP contribution in [0.4, 0.5) is 0 Å². The predicted octanol–water partition coefficient (Wildman–Crippen LogP) is 6.03. The average molecular weight is 813 g/mol. The van der Waals surface area contributed by atoms with Crippen molar-refractivity contribution in [3.63, 3.8) is 0 Å². The average Bonchev–Trinajstić information content (AvgIpc) is 3.75. The number of rotatable bonds is 25. The molecule has 0 aliphatic carbocycles. The molecule has 0 saturated heterocycles. The van der Waals surface area contributed by atoms with Crippen LogP contribution in [0.3, 0.4) is 0 Å². The minimum atomic E-state index is -1.57. The van der Waals surface area contributed by atoms with Gasteiger partial charge in [0.05, 0.1) is 37.2 Å². The molecule has 3 aromatic carbocycles. The fraction of sp³-hybridized carbons (Fsp3) is 0.364. The fourth-order valence-electron chi connectivity index (χ4n) is 6.26. The van der Waals surface area contributed by atoms with Crippen molar-refractivity contribution in [3.8, 4) is 17.1 Å². The van der Waals surface area contributed by atoms with Crippen molar-refractivity contribution in [1.82, 2.24) is 21.0 Å². The molecule has 0 spiro atoms. The van der Waals surface area contributed by atoms with Crippen LogP contribution in [0, 0.1) is 5.92 Å². The summed E-state index contributed by atoms with van der Waals surface area (Å²) in [6.07, 6.45) is 3.60. The maximum Gasteiger partial charge on any atom is 0.326 e. The monoisotopic (exact) mass is 812 g/mol. The Morgan fingerprint density at radius 3 is 2.15 bits per heavy atom. The summed E-state index contributed by atoms with van der Waals surface area (Å²) in [5.74, 6) is -4.22. The molecule has 4 N–H and O–H groups in total. The van der Waals surface area contributed by atoms with Crippen LogP contribution in [-0.2, 0) is 42.0 Å². The second-order valence-corrected chi connectivity index (χ2v) is 13.5. The highest BCUT2D eigenvalue weighted by Crippen LogP contribution is 2.29. The van der Waals surface area contributed by atoms with Gasteiger partial charge in [0.1, 0.15) is 30.8 Å². The molecule has 1 aromatic heterocycles. The molecular formula is C44H52N4O11. The second-order valence-electron chi connectivity index (χ2n) is 13.5. The van der Waals surface area contributed by atoms with Crippen LogP contribution in [0.2, 0.25) is 0 Å². The molecule has 0 aliphatic rings. The van der Waals surface area contributed by atoms with E-state index in [2.05, 4.69) is 22.9 Å². The van der Waals surface area contributed by atoms with Crippen molar-refractivity contribution in [3.05, 3.63) is 113 Å². The molecule has 1 heterocycles. The molecule has 3 atom stereocenters. The lowest BCUT2D eigenvalue weighted by Gasteiger charge is -2.32. The number of ether oxygens (including phenoxy) is 2. The van der Waals surface area contributed by atoms with E-state index in [1.807, 2.05) is 43.3 Å². The first-order chi connectivity index (χ1) is 28.6. The van der Waals surface area contributed by atoms with Crippen LogP contribution in [-0.4, -0.2) is 71.6 Å². The van der Waals surface area contributed by atoms with Gasteiger partial charge in [-0.2, -0.15) is 0 Å². The number of aliphatic carboxylic acids is 1. The lowest BCUT2D eigenvalue weighted by Crippen LogP contribution is -2.48. The Balaban J connectivity index is 1.37. The first kappa shape index (κ1) is 45.2. The number of hydrogen-bond acceptors (Lipinski definition) is 10. The van der Waals surface area contributed by atoms with Crippen LogP contribution < -0.4 is 20.7 Å². The number of nitrogens with zero attached hydrogens (tertiary/aromatic N) is 1. The highest BCUT2D eigenvalue weighted by atomic mass is 16.7. The smallest absolute Gasteiger partial charge is 0.326 e. The van der Waals surface area contributed by atoms with Gasteiger partial charge in [0.2, 0.25) is 12.3 Å². The highest BCUT2D eigenvalue weighted by molar-refractivity contribution is 6.00. The number of hydrogen-bond donors (Lipinski definition) is 4. The lowest BCUT2D eigenvalue weighted by molar-refractivity contribution is -0.200. The van der Waals surface area contributed by atoms with Crippen molar-refractivity contribution in [2.45, 2.75) is 84.6 Å². The van der Waals surface area contributed by atoms with Crippen LogP contribution in [0.5, 0.6) is 5.75 Å². The third-order valence-corrected chi connectivity index (χ3v) is 9.36. The largest absolute Gasteiger partial charge is 0.493 e. The van der Waals surface area contributed by atoms with Gasteiger partial charge in [-0.1, -0.05) is 99.8 Å². The zero-order valence-electron chi connectivity index (χ0n) is 33.5. The van der Waals surface area contributed by atoms with Crippen LogP contribution in [0.15, 0.2) is 95.4 Å². The van der Waals surface area contributed by atoms with E-state index in [-0.39, 0.29) is 55.2 Å². The zero-order chi connectivity index (χ0) is 42.6. The molecule has 0 unspecified atom stereocenters. The van der Waals surface area contributed by atoms with Gasteiger partial charge in [0.25, 0.3) is 11.8 Å². The fourth-order valence-corrected chi connectivity index (χ4v) is 6.26. The Bertz CT molecular complexity index is 1990. The molecule has 4 amide bonds. The van der Waals surface area contributed by atoms with E-state index in [9.17, 15) is 33.9 Å². The normalized spacial score (nSPS) is 12.3. The molecule has 15 heteroatoms. The second kappa shape index (κ2) is 23.7. The van der Waals surface area contributed by atoms with Gasteiger partial charge in [-0.25, -0.2) is 9.86 Å². The van der Waals surface area contributed by atoms with Gasteiger partial charge in [0, 0.05) is 5.56 Å². The van der Waals surface area contributed by atoms with Gasteiger partial charge in [0.15, 0.2) is 5.76 Å². The molecule has 15 nitrogen and oxygen atoms in total. The number of benzene rings is 3. The molecule has 0 fully saturated rings. The van der Waals surface area contributed by atoms with E-state index in [4.69, 9.17) is 18.7 Å². The number of nitrogens with one attached hydrogen (secondary N) is 3. The highest BCUT2D eigenvalue weighted by Gasteiger charge is 2.32. The summed E-state index contributed by atoms with van der Waals surface area (Å²) in [5, 5.41) is 18.7. The van der Waals surface area contributed by atoms with Crippen molar-refractivity contribution in [2.75, 3.05) is 13.3 Å². The van der Waals surface area contributed by atoms with Crippen molar-refractivity contribution < 1.29 is 52.6 Å². The maximum atomic E-state index is 13.5. The molecular weight excluding hydrogens is 761 g/mol. The van der Waals surface area contributed by atoms with Gasteiger partial charge >= 0.3 is 11.9 Å². The van der Waals surface area contributed by atoms with Crippen LogP contribution >= 0.6 is 0 Å². The molecule has 314 valence electrons. The third kappa shape index (κ3) is 13.8. The third-order valence-electron chi connectivity index (χ3n) is 9.36. The summed E-state index contributed by atoms with van der Waals surface area (Å²) in [7, 11) is 0. The topological polar surface area (TPSA) is 203 Å². The maximum absolute atomic E-state index is 13.5. The number of carbonyl (C=O) groups excluding carboxylic acids is 5. The summed E-state index contributed by atoms with van der Waals surface area (Å²) in [4.78, 5) is 82.2. The first-order valence-corrected chi connectivity index (χ1v) is 19.6. The summed E-state index contributed by atoms with van der Waals surface area (Å²) in [6, 6.07) is 23.6. The van der Waals surface area contributed by atoms with Gasteiger partial charge in [-0.3, -0.25) is 28.8 Å².